The molecule has 0 saturated heterocycles. The summed E-state index contributed by atoms with van der Waals surface area (Å²) in [6, 6.07) is 3.69. The summed E-state index contributed by atoms with van der Waals surface area (Å²) in [7, 11) is 1.72. The Bertz CT molecular complexity index is 640. The lowest BCUT2D eigenvalue weighted by atomic mass is 10.3. The van der Waals surface area contributed by atoms with E-state index < -0.39 is 0 Å². The maximum absolute atomic E-state index is 12.2. The van der Waals surface area contributed by atoms with E-state index in [-0.39, 0.29) is 11.6 Å². The summed E-state index contributed by atoms with van der Waals surface area (Å²) >= 11 is 10.2. The van der Waals surface area contributed by atoms with Crippen LogP contribution in [-0.4, -0.2) is 22.9 Å². The molecule has 0 bridgehead atoms. The fourth-order valence-electron chi connectivity index (χ4n) is 1.44. The summed E-state index contributed by atoms with van der Waals surface area (Å²) in [6.45, 7) is 0. The second-order valence-corrected chi connectivity index (χ2v) is 6.36. The van der Waals surface area contributed by atoms with Crippen LogP contribution in [0.5, 0.6) is 0 Å². The van der Waals surface area contributed by atoms with Gasteiger partial charge in [-0.05, 0) is 44.0 Å². The second-order valence-electron chi connectivity index (χ2n) is 3.74. The number of amides is 1. The van der Waals surface area contributed by atoms with Gasteiger partial charge in [-0.2, -0.15) is 0 Å². The summed E-state index contributed by atoms with van der Waals surface area (Å²) in [5.41, 5.74) is 0.869. The molecule has 0 aliphatic rings. The predicted molar refractivity (Wildman–Crippen MR) is 89.1 cm³/mol. The van der Waals surface area contributed by atoms with Gasteiger partial charge in [-0.15, -0.1) is 0 Å². The fourth-order valence-corrected chi connectivity index (χ4v) is 3.89. The van der Waals surface area contributed by atoms with Crippen molar-refractivity contribution in [2.75, 3.05) is 17.7 Å². The van der Waals surface area contributed by atoms with E-state index in [0.29, 0.717) is 11.5 Å². The first-order valence-corrected chi connectivity index (χ1v) is 7.85. The Morgan fingerprint density at radius 1 is 1.15 bits per heavy atom. The van der Waals surface area contributed by atoms with Crippen molar-refractivity contribution in [2.24, 2.45) is 0 Å². The number of nitrogens with one attached hydrogen (secondary N) is 2. The van der Waals surface area contributed by atoms with Crippen molar-refractivity contribution in [3.63, 3.8) is 0 Å². The number of anilines is 2. The van der Waals surface area contributed by atoms with Crippen molar-refractivity contribution in [3.05, 3.63) is 43.6 Å². The molecule has 104 valence electrons. The number of halogens is 3. The molecule has 1 aromatic carbocycles. The first kappa shape index (κ1) is 15.4. The van der Waals surface area contributed by atoms with Crippen LogP contribution < -0.4 is 10.6 Å². The molecule has 0 spiro atoms. The van der Waals surface area contributed by atoms with Crippen molar-refractivity contribution >= 4 is 65.2 Å². The van der Waals surface area contributed by atoms with Crippen LogP contribution >= 0.6 is 47.8 Å². The second kappa shape index (κ2) is 6.64. The van der Waals surface area contributed by atoms with E-state index >= 15 is 0 Å². The number of carbonyl (C=O) groups excluding carboxylic acids is 1. The lowest BCUT2D eigenvalue weighted by Gasteiger charge is -2.10. The third-order valence-electron chi connectivity index (χ3n) is 2.37. The first-order chi connectivity index (χ1) is 9.51. The van der Waals surface area contributed by atoms with Gasteiger partial charge in [-0.3, -0.25) is 9.78 Å². The maximum Gasteiger partial charge on any atom is 0.276 e. The Labute approximate surface area is 141 Å². The highest BCUT2D eigenvalue weighted by atomic mass is 79.9. The molecule has 8 heteroatoms. The van der Waals surface area contributed by atoms with Gasteiger partial charge >= 0.3 is 0 Å². The Morgan fingerprint density at radius 3 is 2.40 bits per heavy atom. The average Bonchev–Trinajstić information content (AvgIpc) is 2.42. The summed E-state index contributed by atoms with van der Waals surface area (Å²) in [4.78, 5) is 20.3. The Hall–Kier alpha value is -0.990. The smallest absolute Gasteiger partial charge is 0.276 e. The van der Waals surface area contributed by atoms with E-state index in [1.165, 1.54) is 6.20 Å². The summed E-state index contributed by atoms with van der Waals surface area (Å²) in [5, 5.41) is 5.63. The molecule has 20 heavy (non-hydrogen) atoms. The molecule has 1 amide bonds. The Morgan fingerprint density at radius 2 is 1.80 bits per heavy atom. The van der Waals surface area contributed by atoms with Gasteiger partial charge in [0.2, 0.25) is 0 Å². The molecule has 2 rings (SSSR count). The van der Waals surface area contributed by atoms with Gasteiger partial charge in [-0.25, -0.2) is 4.98 Å². The van der Waals surface area contributed by atoms with E-state index in [1.54, 1.807) is 13.2 Å². The molecule has 0 radical (unpaired) electrons. The van der Waals surface area contributed by atoms with Crippen LogP contribution in [0.4, 0.5) is 11.5 Å². The van der Waals surface area contributed by atoms with E-state index in [4.69, 9.17) is 0 Å². The third kappa shape index (κ3) is 3.56. The van der Waals surface area contributed by atoms with Crippen molar-refractivity contribution in [1.29, 1.82) is 0 Å². The lowest BCUT2D eigenvalue weighted by Crippen LogP contribution is -2.15. The van der Waals surface area contributed by atoms with Crippen molar-refractivity contribution in [2.45, 2.75) is 0 Å². The van der Waals surface area contributed by atoms with Crippen molar-refractivity contribution in [1.82, 2.24) is 9.97 Å². The van der Waals surface area contributed by atoms with Gasteiger partial charge in [0.1, 0.15) is 11.5 Å². The molecule has 0 atom stereocenters. The minimum atomic E-state index is -0.335. The highest BCUT2D eigenvalue weighted by molar-refractivity contribution is 9.11. The normalized spacial score (nSPS) is 10.2. The van der Waals surface area contributed by atoms with Gasteiger partial charge in [-0.1, -0.05) is 15.9 Å². The highest BCUT2D eigenvalue weighted by Gasteiger charge is 2.13. The highest BCUT2D eigenvalue weighted by Crippen LogP contribution is 2.34. The molecule has 2 N–H and O–H groups in total. The molecule has 1 heterocycles. The van der Waals surface area contributed by atoms with E-state index in [0.717, 1.165) is 13.4 Å². The number of hydrogen-bond donors (Lipinski definition) is 2. The molecule has 2 aromatic rings. The van der Waals surface area contributed by atoms with E-state index in [2.05, 4.69) is 68.4 Å². The maximum atomic E-state index is 12.2. The van der Waals surface area contributed by atoms with Crippen LogP contribution in [0.1, 0.15) is 10.5 Å². The molecular weight excluding hydrogens is 456 g/mol. The van der Waals surface area contributed by atoms with Crippen LogP contribution in [0.3, 0.4) is 0 Å². The van der Waals surface area contributed by atoms with Crippen LogP contribution in [0, 0.1) is 0 Å². The standard InChI is InChI=1S/C12H9Br3N4O/c1-16-10-5-17-4-9(18-10)12(20)19-11-7(14)2-6(13)3-8(11)15/h2-5H,1H3,(H,16,18)(H,19,20). The summed E-state index contributed by atoms with van der Waals surface area (Å²) < 4.78 is 2.40. The molecule has 0 aliphatic heterocycles. The molecule has 5 nitrogen and oxygen atoms in total. The molecule has 0 fully saturated rings. The van der Waals surface area contributed by atoms with Crippen LogP contribution in [0.25, 0.3) is 0 Å². The average molecular weight is 465 g/mol. The number of benzene rings is 1. The predicted octanol–water partition coefficient (Wildman–Crippen LogP) is 4.06. The topological polar surface area (TPSA) is 66.9 Å². The Kier molecular flexibility index (Phi) is 5.11. The van der Waals surface area contributed by atoms with Crippen LogP contribution in [-0.2, 0) is 0 Å². The first-order valence-electron chi connectivity index (χ1n) is 5.47. The monoisotopic (exact) mass is 462 g/mol. The van der Waals surface area contributed by atoms with Gasteiger partial charge in [0.15, 0.2) is 0 Å². The molecule has 0 unspecified atom stereocenters. The zero-order valence-corrected chi connectivity index (χ0v) is 15.0. The van der Waals surface area contributed by atoms with Crippen molar-refractivity contribution in [3.8, 4) is 0 Å². The number of carbonyl (C=O) groups is 1. The lowest BCUT2D eigenvalue weighted by molar-refractivity contribution is 0.102. The van der Waals surface area contributed by atoms with Gasteiger partial charge in [0.25, 0.3) is 5.91 Å². The molecular formula is C12H9Br3N4O. The van der Waals surface area contributed by atoms with Crippen molar-refractivity contribution < 1.29 is 4.79 Å². The minimum absolute atomic E-state index is 0.235. The third-order valence-corrected chi connectivity index (χ3v) is 4.08. The summed E-state index contributed by atoms with van der Waals surface area (Å²) in [5.74, 6) is 0.199. The zero-order valence-electron chi connectivity index (χ0n) is 10.2. The van der Waals surface area contributed by atoms with Crippen LogP contribution in [0.15, 0.2) is 37.9 Å². The molecule has 1 aromatic heterocycles. The van der Waals surface area contributed by atoms with Crippen LogP contribution in [0.2, 0.25) is 0 Å². The minimum Gasteiger partial charge on any atom is -0.372 e. The fraction of sp³-hybridized carbons (Fsp3) is 0.0833. The largest absolute Gasteiger partial charge is 0.372 e. The van der Waals surface area contributed by atoms with Gasteiger partial charge in [0, 0.05) is 20.5 Å². The number of nitrogens with zero attached hydrogens (tertiary/aromatic N) is 2. The Balaban J connectivity index is 2.28. The zero-order chi connectivity index (χ0) is 14.7. The van der Waals surface area contributed by atoms with E-state index in [9.17, 15) is 4.79 Å². The molecule has 0 aliphatic carbocycles. The number of aromatic nitrogens is 2. The summed E-state index contributed by atoms with van der Waals surface area (Å²) in [6.07, 6.45) is 2.96. The van der Waals surface area contributed by atoms with Gasteiger partial charge < -0.3 is 10.6 Å². The molecule has 0 saturated carbocycles. The van der Waals surface area contributed by atoms with E-state index in [1.807, 2.05) is 12.1 Å². The van der Waals surface area contributed by atoms with Gasteiger partial charge in [0.05, 0.1) is 18.1 Å². The SMILES string of the molecule is CNc1cncc(C(=O)Nc2c(Br)cc(Br)cc2Br)n1. The number of rotatable bonds is 3. The quantitative estimate of drug-likeness (QED) is 0.719. The number of hydrogen-bond acceptors (Lipinski definition) is 4.